The summed E-state index contributed by atoms with van der Waals surface area (Å²) in [4.78, 5) is 10.7. The maximum Gasteiger partial charge on any atom is 0.305 e. The van der Waals surface area contributed by atoms with Crippen LogP contribution >= 0.6 is 24.0 Å². The van der Waals surface area contributed by atoms with Crippen molar-refractivity contribution in [3.8, 4) is 6.07 Å². The van der Waals surface area contributed by atoms with Gasteiger partial charge in [0.1, 0.15) is 0 Å². The fourth-order valence-electron chi connectivity index (χ4n) is 2.40. The van der Waals surface area contributed by atoms with Gasteiger partial charge in [-0.3, -0.25) is 4.79 Å². The first kappa shape index (κ1) is 16.8. The van der Waals surface area contributed by atoms with Crippen molar-refractivity contribution in [2.24, 2.45) is 5.73 Å². The maximum atomic E-state index is 10.7. The summed E-state index contributed by atoms with van der Waals surface area (Å²) in [6, 6.07) is 7.01. The van der Waals surface area contributed by atoms with Gasteiger partial charge in [-0.25, -0.2) is 0 Å². The highest BCUT2D eigenvalue weighted by Crippen LogP contribution is 2.44. The number of halogens is 2. The molecule has 6 heteroatoms. The molecule has 1 atom stereocenters. The van der Waals surface area contributed by atoms with E-state index in [1.807, 2.05) is 6.07 Å². The molecule has 1 fully saturated rings. The molecule has 0 spiro atoms. The molecule has 0 saturated heterocycles. The Labute approximate surface area is 128 Å². The molecule has 1 aromatic carbocycles. The number of carboxylic acid groups (broad SMARTS) is 1. The summed E-state index contributed by atoms with van der Waals surface area (Å²) in [7, 11) is 0. The Morgan fingerprint density at radius 3 is 2.60 bits per heavy atom. The van der Waals surface area contributed by atoms with Crippen molar-refractivity contribution in [2.75, 3.05) is 0 Å². The van der Waals surface area contributed by atoms with Crippen molar-refractivity contribution in [1.82, 2.24) is 0 Å². The van der Waals surface area contributed by atoms with Crippen molar-refractivity contribution >= 4 is 30.0 Å². The number of carboxylic acids is 1. The van der Waals surface area contributed by atoms with Gasteiger partial charge in [0.2, 0.25) is 0 Å². The van der Waals surface area contributed by atoms with Gasteiger partial charge in [0.15, 0.2) is 0 Å². The molecule has 0 radical (unpaired) electrons. The molecule has 0 aromatic heterocycles. The first-order valence-corrected chi connectivity index (χ1v) is 6.54. The Balaban J connectivity index is 0.00000200. The van der Waals surface area contributed by atoms with Gasteiger partial charge in [-0.05, 0) is 42.5 Å². The van der Waals surface area contributed by atoms with E-state index in [9.17, 15) is 10.1 Å². The second-order valence-corrected chi connectivity index (χ2v) is 5.46. The minimum absolute atomic E-state index is 0. The third-order valence-electron chi connectivity index (χ3n) is 3.72. The number of nitrogens with zero attached hydrogens (tertiary/aromatic N) is 1. The lowest BCUT2D eigenvalue weighted by Gasteiger charge is -2.36. The zero-order valence-electron chi connectivity index (χ0n) is 10.8. The molecule has 108 valence electrons. The third kappa shape index (κ3) is 3.24. The summed E-state index contributed by atoms with van der Waals surface area (Å²) >= 11 is 6.06. The second-order valence-electron chi connectivity index (χ2n) is 5.03. The molecule has 20 heavy (non-hydrogen) atoms. The van der Waals surface area contributed by atoms with E-state index in [1.165, 1.54) is 0 Å². The van der Waals surface area contributed by atoms with Crippen LogP contribution in [0.1, 0.15) is 42.9 Å². The van der Waals surface area contributed by atoms with Crippen molar-refractivity contribution in [3.63, 3.8) is 0 Å². The Kier molecular flexibility index (Phi) is 5.41. The number of nitriles is 1. The number of carbonyl (C=O) groups is 1. The average molecular weight is 315 g/mol. The largest absolute Gasteiger partial charge is 0.481 e. The molecule has 1 aromatic rings. The molecule has 0 aliphatic heterocycles. The second kappa shape index (κ2) is 6.45. The van der Waals surface area contributed by atoms with Crippen molar-refractivity contribution in [1.29, 1.82) is 5.26 Å². The van der Waals surface area contributed by atoms with Crippen LogP contribution in [0.3, 0.4) is 0 Å². The monoisotopic (exact) mass is 314 g/mol. The third-order valence-corrected chi connectivity index (χ3v) is 3.93. The number of aliphatic carboxylic acids is 1. The van der Waals surface area contributed by atoms with Gasteiger partial charge in [0.25, 0.3) is 0 Å². The predicted octanol–water partition coefficient (Wildman–Crippen LogP) is 3.18. The fraction of sp³-hybridized carbons (Fsp3) is 0.429. The van der Waals surface area contributed by atoms with Gasteiger partial charge in [-0.2, -0.15) is 5.26 Å². The molecule has 0 amide bonds. The highest BCUT2D eigenvalue weighted by molar-refractivity contribution is 6.30. The molecule has 1 saturated carbocycles. The molecule has 0 bridgehead atoms. The highest BCUT2D eigenvalue weighted by atomic mass is 35.5. The fourth-order valence-corrected chi connectivity index (χ4v) is 2.65. The Morgan fingerprint density at radius 2 is 2.15 bits per heavy atom. The van der Waals surface area contributed by atoms with E-state index in [-0.39, 0.29) is 18.8 Å². The van der Waals surface area contributed by atoms with Gasteiger partial charge in [-0.1, -0.05) is 17.7 Å². The molecule has 4 nitrogen and oxygen atoms in total. The van der Waals surface area contributed by atoms with Gasteiger partial charge in [0.05, 0.1) is 17.9 Å². The summed E-state index contributed by atoms with van der Waals surface area (Å²) in [6.07, 6.45) is 2.50. The van der Waals surface area contributed by atoms with E-state index >= 15 is 0 Å². The maximum absolute atomic E-state index is 10.7. The Morgan fingerprint density at radius 1 is 1.50 bits per heavy atom. The molecule has 1 aliphatic carbocycles. The van der Waals surface area contributed by atoms with Crippen LogP contribution in [-0.2, 0) is 10.2 Å². The van der Waals surface area contributed by atoms with Crippen LogP contribution in [0.4, 0.5) is 0 Å². The number of nitrogens with two attached hydrogens (primary N) is 1. The lowest BCUT2D eigenvalue weighted by molar-refractivity contribution is -0.137. The minimum atomic E-state index is -0.951. The molecule has 3 N–H and O–H groups in total. The summed E-state index contributed by atoms with van der Waals surface area (Å²) in [5, 5.41) is 18.6. The molecule has 0 unspecified atom stereocenters. The number of rotatable bonds is 4. The number of hydrogen-bond acceptors (Lipinski definition) is 3. The zero-order chi connectivity index (χ0) is 14.0. The lowest BCUT2D eigenvalue weighted by Crippen LogP contribution is -2.32. The molecule has 0 heterocycles. The minimum Gasteiger partial charge on any atom is -0.481 e. The first-order valence-electron chi connectivity index (χ1n) is 6.16. The van der Waals surface area contributed by atoms with Crippen LogP contribution < -0.4 is 5.73 Å². The lowest BCUT2D eigenvalue weighted by atomic mass is 9.65. The normalized spacial score (nSPS) is 17.2. The summed E-state index contributed by atoms with van der Waals surface area (Å²) < 4.78 is 0. The van der Waals surface area contributed by atoms with E-state index in [1.54, 1.807) is 12.1 Å². The standard InChI is InChI=1S/C14H15ClN2O2.ClH/c15-11-5-9(12(17)7-13(18)19)4-10(6-11)14(8-16)2-1-3-14;/h4-6,12H,1-3,7,17H2,(H,18,19);1H/t12-;/m0./s1. The van der Waals surface area contributed by atoms with Gasteiger partial charge in [-0.15, -0.1) is 12.4 Å². The Hall–Kier alpha value is -1.28. The summed E-state index contributed by atoms with van der Waals surface area (Å²) in [5.74, 6) is -0.951. The van der Waals surface area contributed by atoms with E-state index in [0.29, 0.717) is 10.6 Å². The van der Waals surface area contributed by atoms with Crippen LogP contribution in [0.25, 0.3) is 0 Å². The summed E-state index contributed by atoms with van der Waals surface area (Å²) in [5.41, 5.74) is 6.91. The van der Waals surface area contributed by atoms with Crippen molar-refractivity contribution < 1.29 is 9.90 Å². The van der Waals surface area contributed by atoms with Crippen LogP contribution in [0.15, 0.2) is 18.2 Å². The van der Waals surface area contributed by atoms with E-state index in [0.717, 1.165) is 24.8 Å². The first-order chi connectivity index (χ1) is 8.97. The van der Waals surface area contributed by atoms with E-state index in [4.69, 9.17) is 22.4 Å². The van der Waals surface area contributed by atoms with Crippen LogP contribution in [0, 0.1) is 11.3 Å². The quantitative estimate of drug-likeness (QED) is 0.893. The topological polar surface area (TPSA) is 87.1 Å². The average Bonchev–Trinajstić information content (AvgIpc) is 2.26. The molecule has 1 aliphatic rings. The van der Waals surface area contributed by atoms with Crippen molar-refractivity contribution in [2.45, 2.75) is 37.1 Å². The molecular weight excluding hydrogens is 299 g/mol. The van der Waals surface area contributed by atoms with Gasteiger partial charge >= 0.3 is 5.97 Å². The van der Waals surface area contributed by atoms with Crippen LogP contribution in [0.2, 0.25) is 5.02 Å². The van der Waals surface area contributed by atoms with Crippen LogP contribution in [-0.4, -0.2) is 11.1 Å². The van der Waals surface area contributed by atoms with Gasteiger partial charge < -0.3 is 10.8 Å². The van der Waals surface area contributed by atoms with Crippen molar-refractivity contribution in [3.05, 3.63) is 34.3 Å². The number of hydrogen-bond donors (Lipinski definition) is 2. The van der Waals surface area contributed by atoms with E-state index in [2.05, 4.69) is 6.07 Å². The number of benzene rings is 1. The van der Waals surface area contributed by atoms with Crippen LogP contribution in [0.5, 0.6) is 0 Å². The smallest absolute Gasteiger partial charge is 0.305 e. The highest BCUT2D eigenvalue weighted by Gasteiger charge is 2.39. The summed E-state index contributed by atoms with van der Waals surface area (Å²) in [6.45, 7) is 0. The predicted molar refractivity (Wildman–Crippen MR) is 79.0 cm³/mol. The van der Waals surface area contributed by atoms with Gasteiger partial charge in [0, 0.05) is 11.1 Å². The Bertz CT molecular complexity index is 551. The molecule has 2 rings (SSSR count). The SMILES string of the molecule is Cl.N#CC1(c2cc(Cl)cc([C@@H](N)CC(=O)O)c2)CCC1. The van der Waals surface area contributed by atoms with E-state index < -0.39 is 17.4 Å². The molecular formula is C14H16Cl2N2O2. The zero-order valence-corrected chi connectivity index (χ0v) is 12.4.